The van der Waals surface area contributed by atoms with Gasteiger partial charge in [-0.25, -0.2) is 4.68 Å². The first-order valence-electron chi connectivity index (χ1n) is 9.15. The average molecular weight is 438 g/mol. The Morgan fingerprint density at radius 3 is 2.57 bits per heavy atom. The molecule has 1 amide bonds. The number of nitrogens with one attached hydrogen (secondary N) is 1. The molecule has 0 radical (unpaired) electrons. The number of carbonyl (C=O) groups excluding carboxylic acids is 1. The highest BCUT2D eigenvalue weighted by Gasteiger charge is 2.40. The third-order valence-corrected chi connectivity index (χ3v) is 4.59. The summed E-state index contributed by atoms with van der Waals surface area (Å²) < 4.78 is 47.4. The van der Waals surface area contributed by atoms with Crippen molar-refractivity contribution in [3.8, 4) is 5.69 Å². The zero-order chi connectivity index (χ0) is 21.7. The van der Waals surface area contributed by atoms with E-state index in [1.165, 1.54) is 24.3 Å². The Balaban J connectivity index is 1.87. The SMILES string of the molecule is CCOCc1ccccc1CNC(=O)c1cnn(-c2cccc(Cl)c2)c1C(F)(F)F. The van der Waals surface area contributed by atoms with Crippen LogP contribution in [0.1, 0.15) is 34.1 Å². The summed E-state index contributed by atoms with van der Waals surface area (Å²) in [5.41, 5.74) is -0.00835. The second-order valence-corrected chi connectivity index (χ2v) is 6.82. The first-order valence-corrected chi connectivity index (χ1v) is 9.53. The van der Waals surface area contributed by atoms with Crippen LogP contribution in [0.25, 0.3) is 5.69 Å². The largest absolute Gasteiger partial charge is 0.434 e. The lowest BCUT2D eigenvalue weighted by atomic mass is 10.1. The van der Waals surface area contributed by atoms with E-state index in [2.05, 4.69) is 10.4 Å². The molecule has 0 aliphatic heterocycles. The van der Waals surface area contributed by atoms with Crippen LogP contribution < -0.4 is 5.32 Å². The van der Waals surface area contributed by atoms with Gasteiger partial charge in [0.2, 0.25) is 0 Å². The third-order valence-electron chi connectivity index (χ3n) is 4.35. The van der Waals surface area contributed by atoms with E-state index in [-0.39, 0.29) is 17.3 Å². The van der Waals surface area contributed by atoms with E-state index in [1.807, 2.05) is 19.1 Å². The molecular weight excluding hydrogens is 419 g/mol. The van der Waals surface area contributed by atoms with Gasteiger partial charge in [0.25, 0.3) is 5.91 Å². The number of alkyl halides is 3. The van der Waals surface area contributed by atoms with Gasteiger partial charge in [0.1, 0.15) is 0 Å². The molecule has 9 heteroatoms. The lowest BCUT2D eigenvalue weighted by Crippen LogP contribution is -2.26. The summed E-state index contributed by atoms with van der Waals surface area (Å²) in [5.74, 6) is -0.873. The fourth-order valence-corrected chi connectivity index (χ4v) is 3.13. The van der Waals surface area contributed by atoms with Gasteiger partial charge in [-0.05, 0) is 36.2 Å². The van der Waals surface area contributed by atoms with Gasteiger partial charge in [0.05, 0.1) is 24.1 Å². The fraction of sp³-hybridized carbons (Fsp3) is 0.238. The van der Waals surface area contributed by atoms with E-state index in [1.54, 1.807) is 12.1 Å². The van der Waals surface area contributed by atoms with Crippen molar-refractivity contribution in [2.75, 3.05) is 6.61 Å². The highest BCUT2D eigenvalue weighted by Crippen LogP contribution is 2.34. The van der Waals surface area contributed by atoms with E-state index in [4.69, 9.17) is 16.3 Å². The Hall–Kier alpha value is -2.84. The van der Waals surface area contributed by atoms with Gasteiger partial charge >= 0.3 is 6.18 Å². The Bertz CT molecular complexity index is 1030. The van der Waals surface area contributed by atoms with Crippen LogP contribution in [0, 0.1) is 0 Å². The number of hydrogen-bond donors (Lipinski definition) is 1. The van der Waals surface area contributed by atoms with Crippen molar-refractivity contribution in [1.29, 1.82) is 0 Å². The topological polar surface area (TPSA) is 56.1 Å². The van der Waals surface area contributed by atoms with Crippen LogP contribution in [-0.4, -0.2) is 22.3 Å². The Labute approximate surface area is 176 Å². The van der Waals surface area contributed by atoms with Crippen LogP contribution in [0.2, 0.25) is 5.02 Å². The van der Waals surface area contributed by atoms with Crippen molar-refractivity contribution in [2.45, 2.75) is 26.3 Å². The maximum atomic E-state index is 13.8. The minimum absolute atomic E-state index is 0.0573. The van der Waals surface area contributed by atoms with Gasteiger partial charge in [-0.15, -0.1) is 0 Å². The number of benzene rings is 2. The molecule has 2 aromatic carbocycles. The summed E-state index contributed by atoms with van der Waals surface area (Å²) in [7, 11) is 0. The number of amides is 1. The molecule has 3 aromatic rings. The predicted molar refractivity (Wildman–Crippen MR) is 107 cm³/mol. The van der Waals surface area contributed by atoms with E-state index in [0.29, 0.717) is 17.9 Å². The van der Waals surface area contributed by atoms with Gasteiger partial charge in [-0.2, -0.15) is 18.3 Å². The van der Waals surface area contributed by atoms with Crippen LogP contribution in [0.3, 0.4) is 0 Å². The zero-order valence-electron chi connectivity index (χ0n) is 16.0. The molecule has 0 spiro atoms. The number of nitrogens with zero attached hydrogens (tertiary/aromatic N) is 2. The van der Waals surface area contributed by atoms with Gasteiger partial charge in [0.15, 0.2) is 5.69 Å². The maximum absolute atomic E-state index is 13.8. The molecule has 0 unspecified atom stereocenters. The second kappa shape index (κ2) is 9.32. The van der Waals surface area contributed by atoms with Crippen LogP contribution >= 0.6 is 11.6 Å². The van der Waals surface area contributed by atoms with Crippen molar-refractivity contribution < 1.29 is 22.7 Å². The maximum Gasteiger partial charge on any atom is 0.434 e. The molecule has 30 heavy (non-hydrogen) atoms. The average Bonchev–Trinajstić information content (AvgIpc) is 3.17. The number of carbonyl (C=O) groups is 1. The fourth-order valence-electron chi connectivity index (χ4n) is 2.94. The van der Waals surface area contributed by atoms with E-state index in [0.717, 1.165) is 17.3 Å². The smallest absolute Gasteiger partial charge is 0.377 e. The molecule has 0 saturated carbocycles. The lowest BCUT2D eigenvalue weighted by Gasteiger charge is -2.14. The number of halogens is 4. The number of hydrogen-bond acceptors (Lipinski definition) is 3. The van der Waals surface area contributed by atoms with E-state index >= 15 is 0 Å². The third kappa shape index (κ3) is 5.01. The normalized spacial score (nSPS) is 11.5. The molecule has 0 aliphatic carbocycles. The Morgan fingerprint density at radius 1 is 1.17 bits per heavy atom. The zero-order valence-corrected chi connectivity index (χ0v) is 16.8. The standard InChI is InChI=1S/C21H19ClF3N3O2/c1-2-30-13-15-7-4-3-6-14(15)11-26-20(29)18-12-27-28(19(18)21(23,24)25)17-9-5-8-16(22)10-17/h3-10,12H,2,11,13H2,1H3,(H,26,29). The quantitative estimate of drug-likeness (QED) is 0.565. The minimum atomic E-state index is -4.79. The van der Waals surface area contributed by atoms with Crippen molar-refractivity contribution in [3.05, 3.63) is 82.1 Å². The molecule has 0 saturated heterocycles. The van der Waals surface area contributed by atoms with Crippen LogP contribution in [-0.2, 0) is 24.1 Å². The molecule has 1 heterocycles. The summed E-state index contributed by atoms with van der Waals surface area (Å²) in [6.45, 7) is 2.80. The molecule has 1 aromatic heterocycles. The molecule has 0 bridgehead atoms. The summed E-state index contributed by atoms with van der Waals surface area (Å²) >= 11 is 5.89. The van der Waals surface area contributed by atoms with Crippen molar-refractivity contribution in [3.63, 3.8) is 0 Å². The van der Waals surface area contributed by atoms with Crippen molar-refractivity contribution >= 4 is 17.5 Å². The monoisotopic (exact) mass is 437 g/mol. The summed E-state index contributed by atoms with van der Waals surface area (Å²) in [6, 6.07) is 13.1. The van der Waals surface area contributed by atoms with Gasteiger partial charge < -0.3 is 10.1 Å². The Kier molecular flexibility index (Phi) is 6.79. The van der Waals surface area contributed by atoms with E-state index < -0.39 is 23.3 Å². The Morgan fingerprint density at radius 2 is 1.90 bits per heavy atom. The molecule has 5 nitrogen and oxygen atoms in total. The van der Waals surface area contributed by atoms with E-state index in [9.17, 15) is 18.0 Å². The van der Waals surface area contributed by atoms with Crippen molar-refractivity contribution in [1.82, 2.24) is 15.1 Å². The molecule has 158 valence electrons. The van der Waals surface area contributed by atoms with Gasteiger partial charge in [0, 0.05) is 18.2 Å². The molecular formula is C21H19ClF3N3O2. The second-order valence-electron chi connectivity index (χ2n) is 6.38. The molecule has 0 aliphatic rings. The highest BCUT2D eigenvalue weighted by molar-refractivity contribution is 6.30. The number of ether oxygens (including phenoxy) is 1. The number of rotatable bonds is 7. The van der Waals surface area contributed by atoms with Gasteiger partial charge in [-0.1, -0.05) is 41.9 Å². The molecule has 3 rings (SSSR count). The lowest BCUT2D eigenvalue weighted by molar-refractivity contribution is -0.143. The molecule has 0 atom stereocenters. The summed E-state index contributed by atoms with van der Waals surface area (Å²) in [5, 5.41) is 6.59. The van der Waals surface area contributed by atoms with Crippen molar-refractivity contribution in [2.24, 2.45) is 0 Å². The molecule has 1 N–H and O–H groups in total. The van der Waals surface area contributed by atoms with Gasteiger partial charge in [-0.3, -0.25) is 4.79 Å². The first kappa shape index (κ1) is 21.9. The summed E-state index contributed by atoms with van der Waals surface area (Å²) in [6.07, 6.45) is -3.89. The highest BCUT2D eigenvalue weighted by atomic mass is 35.5. The minimum Gasteiger partial charge on any atom is -0.377 e. The van der Waals surface area contributed by atoms with Crippen LogP contribution in [0.15, 0.2) is 54.7 Å². The summed E-state index contributed by atoms with van der Waals surface area (Å²) in [4.78, 5) is 12.6. The van der Waals surface area contributed by atoms with Crippen LogP contribution in [0.4, 0.5) is 13.2 Å². The predicted octanol–water partition coefficient (Wildman–Crippen LogP) is 5.01. The first-order chi connectivity index (χ1) is 14.3. The van der Waals surface area contributed by atoms with Crippen LogP contribution in [0.5, 0.6) is 0 Å². The molecule has 0 fully saturated rings. The number of aromatic nitrogens is 2.